The Bertz CT molecular complexity index is 777. The highest BCUT2D eigenvalue weighted by Crippen LogP contribution is 2.38. The molecule has 7 heteroatoms. The third-order valence-electron chi connectivity index (χ3n) is 6.33. The first-order chi connectivity index (χ1) is 14.9. The monoisotopic (exact) mass is 450 g/mol. The van der Waals surface area contributed by atoms with Crippen LogP contribution in [0.1, 0.15) is 51.0 Å². The van der Waals surface area contributed by atoms with Crippen molar-refractivity contribution in [2.24, 2.45) is 11.8 Å². The molecule has 1 aliphatic heterocycles. The van der Waals surface area contributed by atoms with Crippen molar-refractivity contribution in [3.63, 3.8) is 0 Å². The number of esters is 1. The van der Waals surface area contributed by atoms with Gasteiger partial charge < -0.3 is 19.7 Å². The number of methoxy groups -OCH3 is 1. The van der Waals surface area contributed by atoms with Gasteiger partial charge in [0.25, 0.3) is 0 Å². The summed E-state index contributed by atoms with van der Waals surface area (Å²) in [7, 11) is 0.0948. The molecule has 2 N–H and O–H groups in total. The molecule has 7 atom stereocenters. The van der Waals surface area contributed by atoms with Crippen molar-refractivity contribution in [3.05, 3.63) is 42.0 Å². The number of allylic oxidation sites excluding steroid dienone is 2. The summed E-state index contributed by atoms with van der Waals surface area (Å²) in [5.41, 5.74) is 0.846. The minimum Gasteiger partial charge on any atom is -0.497 e. The average molecular weight is 451 g/mol. The molecule has 1 saturated carbocycles. The zero-order chi connectivity index (χ0) is 22.4. The Kier molecular flexibility index (Phi) is 8.69. The van der Waals surface area contributed by atoms with Crippen LogP contribution in [0.3, 0.4) is 0 Å². The quantitative estimate of drug-likeness (QED) is 0.541. The van der Waals surface area contributed by atoms with E-state index in [2.05, 4.69) is 12.2 Å². The standard InChI is InChI=1S/C24H34O6S/c1-16-6-4-3-5-7-18-12-19(25)13-21(18)24(27)22(14-23(26)30-16)31(28)15-17-8-10-20(29-2)11-9-17/h5,7-11,16,18-19,21-22,24-25,27H,3-4,6,12-15H2,1-2H3/b7-5+/t16-,18+,19-,21+,22+,24-,31?/m0/s1. The molecule has 2 aliphatic rings. The van der Waals surface area contributed by atoms with Gasteiger partial charge in [0.15, 0.2) is 0 Å². The smallest absolute Gasteiger partial charge is 0.307 e. The maximum atomic E-state index is 13.3. The van der Waals surface area contributed by atoms with E-state index < -0.39 is 34.2 Å². The lowest BCUT2D eigenvalue weighted by atomic mass is 9.87. The molecule has 1 aliphatic carbocycles. The van der Waals surface area contributed by atoms with Gasteiger partial charge in [-0.3, -0.25) is 9.00 Å². The van der Waals surface area contributed by atoms with Gasteiger partial charge in [-0.15, -0.1) is 0 Å². The van der Waals surface area contributed by atoms with Gasteiger partial charge in [0.05, 0.1) is 37.1 Å². The molecule has 1 heterocycles. The minimum atomic E-state index is -1.49. The van der Waals surface area contributed by atoms with Crippen LogP contribution in [-0.4, -0.2) is 51.1 Å². The molecule has 0 amide bonds. The van der Waals surface area contributed by atoms with E-state index in [4.69, 9.17) is 9.47 Å². The number of fused-ring (bicyclic) bond motifs is 1. The van der Waals surface area contributed by atoms with E-state index in [1.807, 2.05) is 19.1 Å². The van der Waals surface area contributed by atoms with E-state index in [1.165, 1.54) is 0 Å². The number of hydrogen-bond donors (Lipinski definition) is 2. The Morgan fingerprint density at radius 2 is 1.94 bits per heavy atom. The fourth-order valence-corrected chi connectivity index (χ4v) is 6.19. The normalized spacial score (nSPS) is 34.4. The summed E-state index contributed by atoms with van der Waals surface area (Å²) in [5, 5.41) is 20.7. The molecule has 31 heavy (non-hydrogen) atoms. The molecular weight excluding hydrogens is 416 g/mol. The number of ether oxygens (including phenoxy) is 2. The van der Waals surface area contributed by atoms with Crippen molar-refractivity contribution in [1.29, 1.82) is 0 Å². The van der Waals surface area contributed by atoms with Crippen LogP contribution in [0.2, 0.25) is 0 Å². The van der Waals surface area contributed by atoms with Gasteiger partial charge in [-0.25, -0.2) is 0 Å². The Morgan fingerprint density at radius 3 is 2.65 bits per heavy atom. The Morgan fingerprint density at radius 1 is 1.19 bits per heavy atom. The van der Waals surface area contributed by atoms with Crippen LogP contribution in [0.15, 0.2) is 36.4 Å². The number of carbonyl (C=O) groups is 1. The van der Waals surface area contributed by atoms with Crippen molar-refractivity contribution in [2.45, 2.75) is 74.8 Å². The van der Waals surface area contributed by atoms with Gasteiger partial charge in [-0.1, -0.05) is 24.3 Å². The number of rotatable bonds is 4. The molecule has 172 valence electrons. The van der Waals surface area contributed by atoms with Gasteiger partial charge in [-0.2, -0.15) is 0 Å². The zero-order valence-corrected chi connectivity index (χ0v) is 19.1. The van der Waals surface area contributed by atoms with Crippen molar-refractivity contribution in [1.82, 2.24) is 0 Å². The van der Waals surface area contributed by atoms with Gasteiger partial charge in [0, 0.05) is 16.6 Å². The molecule has 1 aromatic carbocycles. The minimum absolute atomic E-state index is 0.0136. The van der Waals surface area contributed by atoms with Crippen LogP contribution in [0.5, 0.6) is 5.75 Å². The highest BCUT2D eigenvalue weighted by atomic mass is 32.2. The lowest BCUT2D eigenvalue weighted by Gasteiger charge is -2.29. The maximum Gasteiger partial charge on any atom is 0.307 e. The van der Waals surface area contributed by atoms with Gasteiger partial charge in [0.1, 0.15) is 5.75 Å². The third-order valence-corrected chi connectivity index (χ3v) is 8.07. The third kappa shape index (κ3) is 6.64. The number of aliphatic hydroxyl groups is 2. The number of benzene rings is 1. The number of carbonyl (C=O) groups excluding carboxylic acids is 1. The van der Waals surface area contributed by atoms with Crippen LogP contribution in [-0.2, 0) is 26.1 Å². The molecule has 1 fully saturated rings. The maximum absolute atomic E-state index is 13.3. The average Bonchev–Trinajstić information content (AvgIpc) is 3.11. The van der Waals surface area contributed by atoms with E-state index in [1.54, 1.807) is 19.2 Å². The molecule has 0 saturated heterocycles. The Labute approximate surface area is 187 Å². The van der Waals surface area contributed by atoms with Gasteiger partial charge >= 0.3 is 5.97 Å². The van der Waals surface area contributed by atoms with E-state index in [9.17, 15) is 19.2 Å². The van der Waals surface area contributed by atoms with Gasteiger partial charge in [-0.05, 0) is 68.6 Å². The Balaban J connectivity index is 1.83. The van der Waals surface area contributed by atoms with Crippen molar-refractivity contribution in [3.8, 4) is 5.75 Å². The van der Waals surface area contributed by atoms with Crippen LogP contribution < -0.4 is 4.74 Å². The summed E-state index contributed by atoms with van der Waals surface area (Å²) in [6.45, 7) is 1.87. The van der Waals surface area contributed by atoms with Gasteiger partial charge in [0.2, 0.25) is 0 Å². The second-order valence-electron chi connectivity index (χ2n) is 8.72. The lowest BCUT2D eigenvalue weighted by molar-refractivity contribution is -0.149. The Hall–Kier alpha value is -1.70. The SMILES string of the molecule is COc1ccc(CS(=O)[C@@H]2CC(=O)O[C@@H](C)CCC/C=C/[C@@H]3C[C@H](O)C[C@H]3[C@@H]2O)cc1. The molecule has 1 aromatic rings. The molecule has 3 rings (SSSR count). The lowest BCUT2D eigenvalue weighted by Crippen LogP contribution is -2.40. The second kappa shape index (κ2) is 11.2. The van der Waals surface area contributed by atoms with E-state index in [0.717, 1.165) is 24.8 Å². The highest BCUT2D eigenvalue weighted by Gasteiger charge is 2.42. The van der Waals surface area contributed by atoms with Crippen LogP contribution in [0.25, 0.3) is 0 Å². The summed E-state index contributed by atoms with van der Waals surface area (Å²) in [4.78, 5) is 12.6. The first-order valence-electron chi connectivity index (χ1n) is 11.1. The number of cyclic esters (lactones) is 1. The zero-order valence-electron chi connectivity index (χ0n) is 18.3. The van der Waals surface area contributed by atoms with Crippen molar-refractivity contribution >= 4 is 16.8 Å². The summed E-state index contributed by atoms with van der Waals surface area (Å²) in [6.07, 6.45) is 5.96. The first kappa shape index (κ1) is 24.0. The van der Waals surface area contributed by atoms with E-state index >= 15 is 0 Å². The molecule has 0 bridgehead atoms. The fraction of sp³-hybridized carbons (Fsp3) is 0.625. The van der Waals surface area contributed by atoms with Crippen molar-refractivity contribution in [2.75, 3.05) is 7.11 Å². The van der Waals surface area contributed by atoms with Crippen LogP contribution >= 0.6 is 0 Å². The topological polar surface area (TPSA) is 93.1 Å². The molecule has 0 aromatic heterocycles. The van der Waals surface area contributed by atoms with Crippen LogP contribution in [0.4, 0.5) is 0 Å². The van der Waals surface area contributed by atoms with E-state index in [-0.39, 0.29) is 30.1 Å². The molecule has 0 spiro atoms. The summed E-state index contributed by atoms with van der Waals surface area (Å²) in [6, 6.07) is 7.29. The largest absolute Gasteiger partial charge is 0.497 e. The second-order valence-corrected chi connectivity index (χ2v) is 10.4. The number of aliphatic hydroxyl groups excluding tert-OH is 2. The van der Waals surface area contributed by atoms with Crippen molar-refractivity contribution < 1.29 is 28.7 Å². The fourth-order valence-electron chi connectivity index (χ4n) is 4.62. The summed E-state index contributed by atoms with van der Waals surface area (Å²) >= 11 is 0. The summed E-state index contributed by atoms with van der Waals surface area (Å²) < 4.78 is 24.0. The molecule has 6 nitrogen and oxygen atoms in total. The van der Waals surface area contributed by atoms with E-state index in [0.29, 0.717) is 18.6 Å². The van der Waals surface area contributed by atoms with Crippen LogP contribution in [0, 0.1) is 11.8 Å². The first-order valence-corrected chi connectivity index (χ1v) is 12.5. The molecule has 1 unspecified atom stereocenters. The summed E-state index contributed by atoms with van der Waals surface area (Å²) in [5.74, 6) is 0.289. The highest BCUT2D eigenvalue weighted by molar-refractivity contribution is 7.84. The molecular formula is C24H34O6S. The molecule has 0 radical (unpaired) electrons. The predicted molar refractivity (Wildman–Crippen MR) is 120 cm³/mol. The predicted octanol–water partition coefficient (Wildman–Crippen LogP) is 3.12. The number of hydrogen-bond acceptors (Lipinski definition) is 6.